The van der Waals surface area contributed by atoms with Gasteiger partial charge in [0.25, 0.3) is 0 Å². The van der Waals surface area contributed by atoms with E-state index in [2.05, 4.69) is 0 Å². The number of phenols is 2. The molecule has 0 aliphatic heterocycles. The lowest BCUT2D eigenvalue weighted by Gasteiger charge is -2.16. The zero-order valence-electron chi connectivity index (χ0n) is 15.8. The van der Waals surface area contributed by atoms with Crippen LogP contribution in [0.2, 0.25) is 0 Å². The number of aromatic hydroxyl groups is 2. The standard InChI is InChI=1S/C21H26O5/c1-5-7-13-11-16(23)26-21-17(13)19(24)14(10-9-12(3)4)20(25)18(21)15(22)8-6-2/h9,11,24-25H,5-8,10H2,1-4H3. The fourth-order valence-corrected chi connectivity index (χ4v) is 3.08. The van der Waals surface area contributed by atoms with Crippen LogP contribution in [0.5, 0.6) is 11.5 Å². The van der Waals surface area contributed by atoms with Crippen molar-refractivity contribution in [3.8, 4) is 11.5 Å². The molecule has 1 aromatic carbocycles. The molecule has 1 aromatic heterocycles. The topological polar surface area (TPSA) is 87.7 Å². The Morgan fingerprint density at radius 1 is 1.15 bits per heavy atom. The molecule has 0 bridgehead atoms. The Kier molecular flexibility index (Phi) is 6.24. The first-order valence-corrected chi connectivity index (χ1v) is 9.01. The molecule has 26 heavy (non-hydrogen) atoms. The van der Waals surface area contributed by atoms with Gasteiger partial charge in [-0.1, -0.05) is 31.9 Å². The molecular formula is C21H26O5. The van der Waals surface area contributed by atoms with Gasteiger partial charge in [0, 0.05) is 18.1 Å². The maximum Gasteiger partial charge on any atom is 0.336 e. The van der Waals surface area contributed by atoms with E-state index in [-0.39, 0.29) is 46.8 Å². The summed E-state index contributed by atoms with van der Waals surface area (Å²) in [7, 11) is 0. The van der Waals surface area contributed by atoms with Crippen LogP contribution in [0.4, 0.5) is 0 Å². The molecule has 5 nitrogen and oxygen atoms in total. The summed E-state index contributed by atoms with van der Waals surface area (Å²) in [4.78, 5) is 24.6. The molecule has 0 aliphatic rings. The number of ketones is 1. The van der Waals surface area contributed by atoms with Crippen LogP contribution in [0, 0.1) is 0 Å². The highest BCUT2D eigenvalue weighted by atomic mass is 16.4. The van der Waals surface area contributed by atoms with Gasteiger partial charge in [0.1, 0.15) is 17.1 Å². The Bertz CT molecular complexity index is 914. The first-order chi connectivity index (χ1) is 12.3. The fraction of sp³-hybridized carbons (Fsp3) is 0.429. The number of hydrogen-bond donors (Lipinski definition) is 2. The average Bonchev–Trinajstić information content (AvgIpc) is 2.54. The quantitative estimate of drug-likeness (QED) is 0.427. The van der Waals surface area contributed by atoms with Crippen molar-refractivity contribution in [2.24, 2.45) is 0 Å². The minimum absolute atomic E-state index is 0.00754. The molecule has 5 heteroatoms. The van der Waals surface area contributed by atoms with E-state index in [0.29, 0.717) is 23.8 Å². The molecular weight excluding hydrogens is 332 g/mol. The zero-order chi connectivity index (χ0) is 19.4. The molecule has 2 aromatic rings. The number of phenolic OH excluding ortho intramolecular Hbond substituents is 2. The van der Waals surface area contributed by atoms with Gasteiger partial charge in [-0.15, -0.1) is 0 Å². The third kappa shape index (κ3) is 3.82. The smallest absolute Gasteiger partial charge is 0.336 e. The summed E-state index contributed by atoms with van der Waals surface area (Å²) in [6.45, 7) is 7.66. The number of Topliss-reactive ketones (excluding diaryl/α,β-unsaturated/α-hetero) is 1. The van der Waals surface area contributed by atoms with Crippen molar-refractivity contribution < 1.29 is 19.4 Å². The van der Waals surface area contributed by atoms with E-state index in [1.54, 1.807) is 0 Å². The monoisotopic (exact) mass is 358 g/mol. The van der Waals surface area contributed by atoms with Crippen LogP contribution in [0.25, 0.3) is 11.0 Å². The second-order valence-electron chi connectivity index (χ2n) is 6.75. The first kappa shape index (κ1) is 19.8. The molecule has 2 N–H and O–H groups in total. The molecule has 0 amide bonds. The summed E-state index contributed by atoms with van der Waals surface area (Å²) in [6.07, 6.45) is 4.30. The Labute approximate surface area is 153 Å². The average molecular weight is 358 g/mol. The van der Waals surface area contributed by atoms with Crippen LogP contribution in [0.1, 0.15) is 68.4 Å². The van der Waals surface area contributed by atoms with E-state index >= 15 is 0 Å². The summed E-state index contributed by atoms with van der Waals surface area (Å²) in [5, 5.41) is 21.9. The SMILES string of the molecule is CCCC(=O)c1c(O)c(CC=C(C)C)c(O)c2c(CCC)cc(=O)oc12. The maximum absolute atomic E-state index is 12.6. The maximum atomic E-state index is 12.6. The highest BCUT2D eigenvalue weighted by molar-refractivity contribution is 6.11. The third-order valence-corrected chi connectivity index (χ3v) is 4.30. The number of aryl methyl sites for hydroxylation is 1. The van der Waals surface area contributed by atoms with Gasteiger partial charge in [-0.3, -0.25) is 4.79 Å². The molecule has 140 valence electrons. The highest BCUT2D eigenvalue weighted by Crippen LogP contribution is 2.42. The number of rotatable bonds is 7. The van der Waals surface area contributed by atoms with Crippen molar-refractivity contribution in [3.63, 3.8) is 0 Å². The number of carbonyl (C=O) groups is 1. The lowest BCUT2D eigenvalue weighted by molar-refractivity contribution is 0.0979. The van der Waals surface area contributed by atoms with Gasteiger partial charge >= 0.3 is 5.63 Å². The number of hydrogen-bond acceptors (Lipinski definition) is 5. The molecule has 0 aliphatic carbocycles. The molecule has 1 heterocycles. The van der Waals surface area contributed by atoms with Crippen molar-refractivity contribution in [2.75, 3.05) is 0 Å². The minimum atomic E-state index is -0.595. The van der Waals surface area contributed by atoms with E-state index < -0.39 is 5.63 Å². The number of fused-ring (bicyclic) bond motifs is 1. The van der Waals surface area contributed by atoms with Gasteiger partial charge in [0.15, 0.2) is 11.4 Å². The predicted octanol–water partition coefficient (Wildman–Crippen LogP) is 4.65. The lowest BCUT2D eigenvalue weighted by Crippen LogP contribution is -2.08. The number of allylic oxidation sites excluding steroid dienone is 2. The van der Waals surface area contributed by atoms with Crippen molar-refractivity contribution in [1.82, 2.24) is 0 Å². The van der Waals surface area contributed by atoms with Crippen LogP contribution in [0.15, 0.2) is 26.9 Å². The van der Waals surface area contributed by atoms with Gasteiger partial charge < -0.3 is 14.6 Å². The third-order valence-electron chi connectivity index (χ3n) is 4.30. The summed E-state index contributed by atoms with van der Waals surface area (Å²) in [5.74, 6) is -0.733. The summed E-state index contributed by atoms with van der Waals surface area (Å²) < 4.78 is 5.28. The minimum Gasteiger partial charge on any atom is -0.507 e. The molecule has 0 fully saturated rings. The molecule has 0 saturated heterocycles. The van der Waals surface area contributed by atoms with E-state index in [1.807, 2.05) is 33.8 Å². The molecule has 0 spiro atoms. The Hall–Kier alpha value is -2.56. The van der Waals surface area contributed by atoms with Crippen molar-refractivity contribution in [3.05, 3.63) is 44.8 Å². The van der Waals surface area contributed by atoms with E-state index in [4.69, 9.17) is 4.42 Å². The van der Waals surface area contributed by atoms with Gasteiger partial charge in [-0.25, -0.2) is 4.79 Å². The number of benzene rings is 1. The van der Waals surface area contributed by atoms with Crippen molar-refractivity contribution in [1.29, 1.82) is 0 Å². The van der Waals surface area contributed by atoms with Crippen LogP contribution in [0.3, 0.4) is 0 Å². The predicted molar refractivity (Wildman–Crippen MR) is 102 cm³/mol. The molecule has 0 unspecified atom stereocenters. The van der Waals surface area contributed by atoms with E-state index in [0.717, 1.165) is 12.0 Å². The first-order valence-electron chi connectivity index (χ1n) is 9.01. The van der Waals surface area contributed by atoms with Crippen LogP contribution >= 0.6 is 0 Å². The second-order valence-corrected chi connectivity index (χ2v) is 6.75. The Balaban J connectivity index is 2.95. The molecule has 0 radical (unpaired) electrons. The van der Waals surface area contributed by atoms with Crippen molar-refractivity contribution >= 4 is 16.8 Å². The second kappa shape index (κ2) is 8.21. The fourth-order valence-electron chi connectivity index (χ4n) is 3.08. The van der Waals surface area contributed by atoms with Crippen molar-refractivity contribution in [2.45, 2.75) is 59.8 Å². The summed E-state index contributed by atoms with van der Waals surface area (Å²) in [6, 6.07) is 1.35. The van der Waals surface area contributed by atoms with Gasteiger partial charge in [-0.2, -0.15) is 0 Å². The molecule has 0 atom stereocenters. The molecule has 2 rings (SSSR count). The molecule has 0 saturated carbocycles. The highest BCUT2D eigenvalue weighted by Gasteiger charge is 2.26. The Morgan fingerprint density at radius 3 is 2.42 bits per heavy atom. The summed E-state index contributed by atoms with van der Waals surface area (Å²) >= 11 is 0. The Morgan fingerprint density at radius 2 is 1.85 bits per heavy atom. The van der Waals surface area contributed by atoms with Crippen LogP contribution in [-0.4, -0.2) is 16.0 Å². The summed E-state index contributed by atoms with van der Waals surface area (Å²) in [5.41, 5.74) is 1.31. The zero-order valence-corrected chi connectivity index (χ0v) is 15.8. The van der Waals surface area contributed by atoms with Gasteiger partial charge in [0.2, 0.25) is 0 Å². The van der Waals surface area contributed by atoms with Gasteiger partial charge in [0.05, 0.1) is 5.39 Å². The van der Waals surface area contributed by atoms with E-state index in [1.165, 1.54) is 6.07 Å². The van der Waals surface area contributed by atoms with E-state index in [9.17, 15) is 19.8 Å². The largest absolute Gasteiger partial charge is 0.507 e. The number of carbonyl (C=O) groups excluding carboxylic acids is 1. The lowest BCUT2D eigenvalue weighted by atomic mass is 9.93. The van der Waals surface area contributed by atoms with Crippen LogP contribution < -0.4 is 5.63 Å². The van der Waals surface area contributed by atoms with Gasteiger partial charge in [-0.05, 0) is 38.7 Å². The van der Waals surface area contributed by atoms with Crippen LogP contribution in [-0.2, 0) is 12.8 Å². The normalized spacial score (nSPS) is 10.9.